The molecule has 0 heterocycles. The normalized spacial score (nSPS) is 11.5. The zero-order valence-corrected chi connectivity index (χ0v) is 17.0. The van der Waals surface area contributed by atoms with E-state index in [0.717, 1.165) is 5.56 Å². The number of nitro groups is 1. The van der Waals surface area contributed by atoms with Crippen LogP contribution in [0.5, 0.6) is 11.5 Å². The fourth-order valence-electron chi connectivity index (χ4n) is 3.14. The number of methoxy groups -OCH3 is 2. The van der Waals surface area contributed by atoms with E-state index in [4.69, 9.17) is 9.47 Å². The lowest BCUT2D eigenvalue weighted by molar-refractivity contribution is -0.384. The first-order valence-corrected chi connectivity index (χ1v) is 9.43. The Bertz CT molecular complexity index is 1070. The summed E-state index contributed by atoms with van der Waals surface area (Å²) in [4.78, 5) is 23.3. The lowest BCUT2D eigenvalue weighted by Gasteiger charge is -2.21. The molecule has 0 aliphatic carbocycles. The van der Waals surface area contributed by atoms with Crippen molar-refractivity contribution < 1.29 is 23.6 Å². The van der Waals surface area contributed by atoms with Gasteiger partial charge in [0.1, 0.15) is 5.82 Å². The smallest absolute Gasteiger partial charge is 0.269 e. The van der Waals surface area contributed by atoms with Crippen molar-refractivity contribution in [2.75, 3.05) is 19.5 Å². The van der Waals surface area contributed by atoms with Crippen molar-refractivity contribution >= 4 is 17.2 Å². The molecule has 7 nitrogen and oxygen atoms in total. The molecule has 160 valence electrons. The summed E-state index contributed by atoms with van der Waals surface area (Å²) in [5, 5.41) is 14.1. The molecule has 3 aromatic rings. The van der Waals surface area contributed by atoms with E-state index in [0.29, 0.717) is 22.7 Å². The van der Waals surface area contributed by atoms with E-state index in [1.807, 2.05) is 6.07 Å². The van der Waals surface area contributed by atoms with Crippen LogP contribution in [-0.2, 0) is 0 Å². The maximum atomic E-state index is 13.2. The number of hydrogen-bond donors (Lipinski definition) is 1. The van der Waals surface area contributed by atoms with Gasteiger partial charge in [0.15, 0.2) is 17.3 Å². The Hall–Kier alpha value is -3.94. The van der Waals surface area contributed by atoms with Gasteiger partial charge < -0.3 is 14.8 Å². The van der Waals surface area contributed by atoms with Crippen LogP contribution in [0.4, 0.5) is 15.8 Å². The summed E-state index contributed by atoms with van der Waals surface area (Å²) in [5.74, 6) is 0.445. The number of nitrogens with zero attached hydrogens (tertiary/aromatic N) is 1. The Kier molecular flexibility index (Phi) is 6.81. The van der Waals surface area contributed by atoms with E-state index < -0.39 is 16.8 Å². The van der Waals surface area contributed by atoms with Crippen molar-refractivity contribution in [3.05, 3.63) is 93.8 Å². The van der Waals surface area contributed by atoms with Crippen LogP contribution in [0.3, 0.4) is 0 Å². The fourth-order valence-corrected chi connectivity index (χ4v) is 3.14. The molecular formula is C23H21FN2O5. The predicted octanol–water partition coefficient (Wildman–Crippen LogP) is 5.18. The highest BCUT2D eigenvalue weighted by Crippen LogP contribution is 2.33. The SMILES string of the molecule is COc1ccc(C(CC(=O)c2ccc(F)cc2)Nc2ccc([N+](=O)[O-])cc2)cc1OC. The van der Waals surface area contributed by atoms with Gasteiger partial charge in [0, 0.05) is 29.8 Å². The third kappa shape index (κ3) is 5.36. The number of benzene rings is 3. The number of ketones is 1. The van der Waals surface area contributed by atoms with Crippen LogP contribution in [0.2, 0.25) is 0 Å². The molecule has 0 amide bonds. The van der Waals surface area contributed by atoms with Crippen LogP contribution in [0.15, 0.2) is 66.7 Å². The van der Waals surface area contributed by atoms with Crippen LogP contribution >= 0.6 is 0 Å². The van der Waals surface area contributed by atoms with Crippen molar-refractivity contribution in [2.45, 2.75) is 12.5 Å². The number of nitrogens with one attached hydrogen (secondary N) is 1. The number of carbonyl (C=O) groups is 1. The molecule has 0 fully saturated rings. The molecule has 0 aromatic heterocycles. The van der Waals surface area contributed by atoms with Crippen molar-refractivity contribution in [3.63, 3.8) is 0 Å². The highest BCUT2D eigenvalue weighted by Gasteiger charge is 2.20. The Balaban J connectivity index is 1.91. The van der Waals surface area contributed by atoms with Gasteiger partial charge in [0.2, 0.25) is 0 Å². The number of halogens is 1. The average Bonchev–Trinajstić information content (AvgIpc) is 2.78. The standard InChI is InChI=1S/C23H21FN2O5/c1-30-22-12-5-16(13-23(22)31-2)20(14-21(27)15-3-6-17(24)7-4-15)25-18-8-10-19(11-9-18)26(28)29/h3-13,20,25H,14H2,1-2H3. The number of anilines is 1. The second-order valence-electron chi connectivity index (χ2n) is 6.75. The largest absolute Gasteiger partial charge is 0.493 e. The fraction of sp³-hybridized carbons (Fsp3) is 0.174. The van der Waals surface area contributed by atoms with Crippen LogP contribution < -0.4 is 14.8 Å². The monoisotopic (exact) mass is 424 g/mol. The molecule has 3 rings (SSSR count). The molecule has 1 N–H and O–H groups in total. The molecule has 1 unspecified atom stereocenters. The summed E-state index contributed by atoms with van der Waals surface area (Å²) >= 11 is 0. The number of carbonyl (C=O) groups excluding carboxylic acids is 1. The zero-order chi connectivity index (χ0) is 22.4. The molecule has 3 aromatic carbocycles. The summed E-state index contributed by atoms with van der Waals surface area (Å²) in [6, 6.07) is 16.1. The van der Waals surface area contributed by atoms with Crippen molar-refractivity contribution in [2.24, 2.45) is 0 Å². The third-order valence-corrected chi connectivity index (χ3v) is 4.78. The Morgan fingerprint density at radius 2 is 1.65 bits per heavy atom. The second-order valence-corrected chi connectivity index (χ2v) is 6.75. The van der Waals surface area contributed by atoms with Gasteiger partial charge in [-0.1, -0.05) is 6.07 Å². The summed E-state index contributed by atoms with van der Waals surface area (Å²) in [6.45, 7) is 0. The van der Waals surface area contributed by atoms with Gasteiger partial charge in [-0.3, -0.25) is 14.9 Å². The van der Waals surface area contributed by atoms with Gasteiger partial charge in [0.25, 0.3) is 5.69 Å². The molecule has 0 saturated carbocycles. The first-order valence-electron chi connectivity index (χ1n) is 9.43. The maximum absolute atomic E-state index is 13.2. The lowest BCUT2D eigenvalue weighted by Crippen LogP contribution is -2.16. The number of ether oxygens (including phenoxy) is 2. The molecule has 0 aliphatic heterocycles. The zero-order valence-electron chi connectivity index (χ0n) is 17.0. The Labute approximate surface area is 178 Å². The Morgan fingerprint density at radius 3 is 2.23 bits per heavy atom. The van der Waals surface area contributed by atoms with E-state index in [2.05, 4.69) is 5.32 Å². The molecule has 1 atom stereocenters. The van der Waals surface area contributed by atoms with Crippen LogP contribution in [0.25, 0.3) is 0 Å². The highest BCUT2D eigenvalue weighted by atomic mass is 19.1. The number of hydrogen-bond acceptors (Lipinski definition) is 6. The summed E-state index contributed by atoms with van der Waals surface area (Å²) in [5.41, 5.74) is 1.72. The highest BCUT2D eigenvalue weighted by molar-refractivity contribution is 5.96. The summed E-state index contributed by atoms with van der Waals surface area (Å²) in [6.07, 6.45) is 0.0676. The number of rotatable bonds is 9. The maximum Gasteiger partial charge on any atom is 0.269 e. The lowest BCUT2D eigenvalue weighted by atomic mass is 9.97. The Morgan fingerprint density at radius 1 is 1.00 bits per heavy atom. The van der Waals surface area contributed by atoms with Gasteiger partial charge in [0.05, 0.1) is 25.2 Å². The molecule has 8 heteroatoms. The van der Waals surface area contributed by atoms with Crippen molar-refractivity contribution in [1.82, 2.24) is 0 Å². The number of nitro benzene ring substituents is 1. The van der Waals surface area contributed by atoms with E-state index >= 15 is 0 Å². The summed E-state index contributed by atoms with van der Waals surface area (Å²) < 4.78 is 23.9. The minimum atomic E-state index is -0.479. The van der Waals surface area contributed by atoms with E-state index in [9.17, 15) is 19.3 Å². The average molecular weight is 424 g/mol. The molecule has 31 heavy (non-hydrogen) atoms. The van der Waals surface area contributed by atoms with Gasteiger partial charge in [-0.15, -0.1) is 0 Å². The third-order valence-electron chi connectivity index (χ3n) is 4.78. The number of non-ortho nitro benzene ring substituents is 1. The van der Waals surface area contributed by atoms with E-state index in [1.54, 1.807) is 24.3 Å². The molecule has 0 saturated heterocycles. The quantitative estimate of drug-likeness (QED) is 0.289. The van der Waals surface area contributed by atoms with Crippen LogP contribution in [-0.4, -0.2) is 24.9 Å². The predicted molar refractivity (Wildman–Crippen MR) is 114 cm³/mol. The molecule has 0 bridgehead atoms. The minimum absolute atomic E-state index is 0.0318. The van der Waals surface area contributed by atoms with Crippen molar-refractivity contribution in [1.29, 1.82) is 0 Å². The molecular weight excluding hydrogens is 403 g/mol. The van der Waals surface area contributed by atoms with E-state index in [-0.39, 0.29) is 17.9 Å². The van der Waals surface area contributed by atoms with Gasteiger partial charge in [-0.2, -0.15) is 0 Å². The van der Waals surface area contributed by atoms with Gasteiger partial charge in [-0.05, 0) is 54.1 Å². The van der Waals surface area contributed by atoms with Gasteiger partial charge >= 0.3 is 0 Å². The first-order chi connectivity index (χ1) is 14.9. The van der Waals surface area contributed by atoms with Crippen molar-refractivity contribution in [3.8, 4) is 11.5 Å². The first kappa shape index (κ1) is 21.8. The molecule has 0 aliphatic rings. The van der Waals surface area contributed by atoms with E-state index in [1.165, 1.54) is 50.6 Å². The van der Waals surface area contributed by atoms with Crippen LogP contribution in [0, 0.1) is 15.9 Å². The minimum Gasteiger partial charge on any atom is -0.493 e. The summed E-state index contributed by atoms with van der Waals surface area (Å²) in [7, 11) is 3.05. The molecule has 0 radical (unpaired) electrons. The second kappa shape index (κ2) is 9.71. The van der Waals surface area contributed by atoms with Crippen LogP contribution in [0.1, 0.15) is 28.4 Å². The van der Waals surface area contributed by atoms with Gasteiger partial charge in [-0.25, -0.2) is 4.39 Å². The molecule has 0 spiro atoms. The number of Topliss-reactive ketones (excluding diaryl/α,β-unsaturated/α-hetero) is 1. The topological polar surface area (TPSA) is 90.7 Å².